The van der Waals surface area contributed by atoms with Crippen molar-refractivity contribution in [1.29, 1.82) is 0 Å². The van der Waals surface area contributed by atoms with Crippen LogP contribution in [0, 0.1) is 5.92 Å². The lowest BCUT2D eigenvalue weighted by atomic mass is 10.0. The Balaban J connectivity index is 2.41. The van der Waals surface area contributed by atoms with Crippen LogP contribution in [0.15, 0.2) is 24.5 Å². The van der Waals surface area contributed by atoms with E-state index in [1.54, 1.807) is 13.3 Å². The summed E-state index contributed by atoms with van der Waals surface area (Å²) in [5.74, 6) is 0.569. The maximum absolute atomic E-state index is 5.06. The first-order chi connectivity index (χ1) is 5.83. The fourth-order valence-corrected chi connectivity index (χ4v) is 1.26. The summed E-state index contributed by atoms with van der Waals surface area (Å²) in [6.07, 6.45) is 4.75. The Hall–Kier alpha value is -0.890. The second kappa shape index (κ2) is 4.88. The molecule has 0 amide bonds. The first-order valence-electron chi connectivity index (χ1n) is 4.20. The van der Waals surface area contributed by atoms with Crippen molar-refractivity contribution in [1.82, 2.24) is 4.98 Å². The topological polar surface area (TPSA) is 22.1 Å². The fraction of sp³-hybridized carbons (Fsp3) is 0.500. The second-order valence-corrected chi connectivity index (χ2v) is 3.13. The third kappa shape index (κ3) is 3.01. The molecule has 0 aromatic carbocycles. The van der Waals surface area contributed by atoms with Gasteiger partial charge in [-0.2, -0.15) is 0 Å². The van der Waals surface area contributed by atoms with E-state index in [0.29, 0.717) is 5.92 Å². The van der Waals surface area contributed by atoms with Crippen molar-refractivity contribution < 1.29 is 4.74 Å². The number of methoxy groups -OCH3 is 1. The van der Waals surface area contributed by atoms with E-state index in [-0.39, 0.29) is 0 Å². The lowest BCUT2D eigenvalue weighted by Gasteiger charge is -2.08. The minimum absolute atomic E-state index is 0.569. The molecule has 0 bridgehead atoms. The predicted molar refractivity (Wildman–Crippen MR) is 49.0 cm³/mol. The molecule has 1 aromatic heterocycles. The largest absolute Gasteiger partial charge is 0.384 e. The molecule has 1 rings (SSSR count). The Morgan fingerprint density at radius 3 is 3.00 bits per heavy atom. The predicted octanol–water partition coefficient (Wildman–Crippen LogP) is 1.91. The van der Waals surface area contributed by atoms with E-state index in [0.717, 1.165) is 13.0 Å². The smallest absolute Gasteiger partial charge is 0.0491 e. The fourth-order valence-electron chi connectivity index (χ4n) is 1.26. The van der Waals surface area contributed by atoms with Crippen molar-refractivity contribution >= 4 is 0 Å². The molecule has 0 radical (unpaired) electrons. The van der Waals surface area contributed by atoms with Crippen molar-refractivity contribution in [3.8, 4) is 0 Å². The zero-order valence-electron chi connectivity index (χ0n) is 7.66. The summed E-state index contributed by atoms with van der Waals surface area (Å²) < 4.78 is 5.06. The third-order valence-electron chi connectivity index (χ3n) is 1.76. The van der Waals surface area contributed by atoms with Crippen molar-refractivity contribution in [2.24, 2.45) is 5.92 Å². The summed E-state index contributed by atoms with van der Waals surface area (Å²) >= 11 is 0. The summed E-state index contributed by atoms with van der Waals surface area (Å²) in [4.78, 5) is 4.06. The maximum atomic E-state index is 5.06. The molecule has 0 saturated heterocycles. The Morgan fingerprint density at radius 1 is 1.58 bits per heavy atom. The van der Waals surface area contributed by atoms with Gasteiger partial charge in [-0.15, -0.1) is 0 Å². The van der Waals surface area contributed by atoms with E-state index in [4.69, 9.17) is 4.74 Å². The quantitative estimate of drug-likeness (QED) is 0.680. The van der Waals surface area contributed by atoms with Crippen LogP contribution in [0.3, 0.4) is 0 Å². The van der Waals surface area contributed by atoms with E-state index < -0.39 is 0 Å². The van der Waals surface area contributed by atoms with Gasteiger partial charge >= 0.3 is 0 Å². The van der Waals surface area contributed by atoms with Crippen LogP contribution in [-0.4, -0.2) is 18.7 Å². The van der Waals surface area contributed by atoms with Gasteiger partial charge in [0.15, 0.2) is 0 Å². The second-order valence-electron chi connectivity index (χ2n) is 3.13. The monoisotopic (exact) mass is 165 g/mol. The first-order valence-corrected chi connectivity index (χ1v) is 4.20. The molecule has 0 aliphatic heterocycles. The Labute approximate surface area is 73.6 Å². The molecule has 1 aromatic rings. The van der Waals surface area contributed by atoms with Gasteiger partial charge in [0.25, 0.3) is 0 Å². The van der Waals surface area contributed by atoms with Gasteiger partial charge in [0, 0.05) is 26.1 Å². The number of nitrogens with zero attached hydrogens (tertiary/aromatic N) is 1. The third-order valence-corrected chi connectivity index (χ3v) is 1.76. The molecule has 0 fully saturated rings. The highest BCUT2D eigenvalue weighted by molar-refractivity contribution is 5.08. The minimum Gasteiger partial charge on any atom is -0.384 e. The average molecular weight is 165 g/mol. The number of hydrogen-bond donors (Lipinski definition) is 0. The highest BCUT2D eigenvalue weighted by atomic mass is 16.5. The van der Waals surface area contributed by atoms with Crippen molar-refractivity contribution in [2.45, 2.75) is 13.3 Å². The molecule has 0 saturated carbocycles. The summed E-state index contributed by atoms with van der Waals surface area (Å²) in [7, 11) is 1.74. The summed E-state index contributed by atoms with van der Waals surface area (Å²) in [5, 5.41) is 0. The van der Waals surface area contributed by atoms with E-state index in [1.165, 1.54) is 5.56 Å². The summed E-state index contributed by atoms with van der Waals surface area (Å²) in [5.41, 5.74) is 1.28. The van der Waals surface area contributed by atoms with Crippen LogP contribution in [0.5, 0.6) is 0 Å². The zero-order valence-corrected chi connectivity index (χ0v) is 7.66. The van der Waals surface area contributed by atoms with Crippen LogP contribution in [0.2, 0.25) is 0 Å². The number of hydrogen-bond acceptors (Lipinski definition) is 2. The molecule has 2 heteroatoms. The van der Waals surface area contributed by atoms with Crippen LogP contribution >= 0.6 is 0 Å². The molecule has 1 heterocycles. The number of aromatic nitrogens is 1. The molecule has 0 aliphatic carbocycles. The highest BCUT2D eigenvalue weighted by Crippen LogP contribution is 2.06. The van der Waals surface area contributed by atoms with Crippen LogP contribution < -0.4 is 0 Å². The lowest BCUT2D eigenvalue weighted by Crippen LogP contribution is -2.06. The number of rotatable bonds is 4. The molecular formula is C10H15NO. The zero-order chi connectivity index (χ0) is 8.81. The van der Waals surface area contributed by atoms with Gasteiger partial charge in [0.2, 0.25) is 0 Å². The molecule has 1 unspecified atom stereocenters. The standard InChI is InChI=1S/C10H15NO/c1-9(8-12-2)6-10-4-3-5-11-7-10/h3-5,7,9H,6,8H2,1-2H3. The van der Waals surface area contributed by atoms with E-state index in [1.807, 2.05) is 12.3 Å². The van der Waals surface area contributed by atoms with Gasteiger partial charge in [-0.1, -0.05) is 13.0 Å². The van der Waals surface area contributed by atoms with Gasteiger partial charge in [0.1, 0.15) is 0 Å². The molecule has 1 atom stereocenters. The summed E-state index contributed by atoms with van der Waals surface area (Å²) in [6.45, 7) is 2.99. The normalized spacial score (nSPS) is 12.8. The van der Waals surface area contributed by atoms with E-state index >= 15 is 0 Å². The minimum atomic E-state index is 0.569. The van der Waals surface area contributed by atoms with Crippen LogP contribution in [0.25, 0.3) is 0 Å². The molecule has 0 spiro atoms. The SMILES string of the molecule is COCC(C)Cc1cccnc1. The van der Waals surface area contributed by atoms with Crippen LogP contribution in [0.1, 0.15) is 12.5 Å². The molecule has 12 heavy (non-hydrogen) atoms. The Bertz CT molecular complexity index is 210. The lowest BCUT2D eigenvalue weighted by molar-refractivity contribution is 0.159. The molecule has 2 nitrogen and oxygen atoms in total. The van der Waals surface area contributed by atoms with Crippen molar-refractivity contribution in [2.75, 3.05) is 13.7 Å². The maximum Gasteiger partial charge on any atom is 0.0491 e. The Kier molecular flexibility index (Phi) is 3.74. The molecule has 0 N–H and O–H groups in total. The highest BCUT2D eigenvalue weighted by Gasteiger charge is 2.01. The van der Waals surface area contributed by atoms with E-state index in [9.17, 15) is 0 Å². The number of pyridine rings is 1. The molecule has 66 valence electrons. The van der Waals surface area contributed by atoms with Gasteiger partial charge in [0.05, 0.1) is 0 Å². The van der Waals surface area contributed by atoms with Gasteiger partial charge in [-0.3, -0.25) is 4.98 Å². The van der Waals surface area contributed by atoms with Crippen molar-refractivity contribution in [3.63, 3.8) is 0 Å². The molecule has 0 aliphatic rings. The average Bonchev–Trinajstić information content (AvgIpc) is 2.06. The van der Waals surface area contributed by atoms with Crippen molar-refractivity contribution in [3.05, 3.63) is 30.1 Å². The Morgan fingerprint density at radius 2 is 2.42 bits per heavy atom. The van der Waals surface area contributed by atoms with Gasteiger partial charge in [-0.05, 0) is 24.0 Å². The van der Waals surface area contributed by atoms with Gasteiger partial charge < -0.3 is 4.74 Å². The molecular weight excluding hydrogens is 150 g/mol. The van der Waals surface area contributed by atoms with Crippen LogP contribution in [0.4, 0.5) is 0 Å². The number of ether oxygens (including phenoxy) is 1. The van der Waals surface area contributed by atoms with Gasteiger partial charge in [-0.25, -0.2) is 0 Å². The summed E-state index contributed by atoms with van der Waals surface area (Å²) in [6, 6.07) is 4.06. The van der Waals surface area contributed by atoms with Crippen LogP contribution in [-0.2, 0) is 11.2 Å². The first kappa shape index (κ1) is 9.20. The van der Waals surface area contributed by atoms with E-state index in [2.05, 4.69) is 18.0 Å².